The second kappa shape index (κ2) is 7.43. The predicted molar refractivity (Wildman–Crippen MR) is 111 cm³/mol. The number of aromatic nitrogens is 3. The van der Waals surface area contributed by atoms with Crippen molar-refractivity contribution in [2.75, 3.05) is 0 Å². The van der Waals surface area contributed by atoms with Crippen molar-refractivity contribution in [3.8, 4) is 17.0 Å². The van der Waals surface area contributed by atoms with Gasteiger partial charge in [-0.25, -0.2) is 4.98 Å². The Bertz CT molecular complexity index is 1120. The molecular formula is C20H15Cl2N3OS. The highest BCUT2D eigenvalue weighted by Crippen LogP contribution is 2.35. The molecule has 3 aromatic heterocycles. The van der Waals surface area contributed by atoms with Crippen LogP contribution in [0.5, 0.6) is 5.75 Å². The Labute approximate surface area is 170 Å². The van der Waals surface area contributed by atoms with E-state index in [1.54, 1.807) is 12.4 Å². The molecule has 0 radical (unpaired) electrons. The van der Waals surface area contributed by atoms with Crippen molar-refractivity contribution in [3.05, 3.63) is 68.9 Å². The van der Waals surface area contributed by atoms with Crippen molar-refractivity contribution >= 4 is 45.6 Å². The van der Waals surface area contributed by atoms with Gasteiger partial charge in [0.2, 0.25) is 0 Å². The molecule has 0 aliphatic rings. The Morgan fingerprint density at radius 2 is 1.89 bits per heavy atom. The molecule has 4 aromatic rings. The summed E-state index contributed by atoms with van der Waals surface area (Å²) in [4.78, 5) is 8.68. The van der Waals surface area contributed by atoms with Crippen LogP contribution in [-0.2, 0) is 6.61 Å². The minimum Gasteiger partial charge on any atom is -0.487 e. The van der Waals surface area contributed by atoms with Crippen molar-refractivity contribution in [3.63, 3.8) is 0 Å². The molecule has 0 saturated carbocycles. The van der Waals surface area contributed by atoms with Gasteiger partial charge in [-0.3, -0.25) is 4.98 Å². The lowest BCUT2D eigenvalue weighted by Gasteiger charge is -2.13. The van der Waals surface area contributed by atoms with E-state index in [0.29, 0.717) is 21.4 Å². The summed E-state index contributed by atoms with van der Waals surface area (Å²) in [7, 11) is 0. The summed E-state index contributed by atoms with van der Waals surface area (Å²) in [5.74, 6) is 0.675. The molecule has 4 nitrogen and oxygen atoms in total. The van der Waals surface area contributed by atoms with Gasteiger partial charge in [0.15, 0.2) is 0 Å². The van der Waals surface area contributed by atoms with Gasteiger partial charge in [-0.05, 0) is 43.1 Å². The lowest BCUT2D eigenvalue weighted by molar-refractivity contribution is 0.309. The highest BCUT2D eigenvalue weighted by atomic mass is 35.5. The van der Waals surface area contributed by atoms with E-state index in [9.17, 15) is 0 Å². The Kier molecular flexibility index (Phi) is 5.00. The Morgan fingerprint density at radius 3 is 2.59 bits per heavy atom. The van der Waals surface area contributed by atoms with Crippen LogP contribution in [0.3, 0.4) is 0 Å². The van der Waals surface area contributed by atoms with E-state index in [1.807, 2.05) is 30.5 Å². The van der Waals surface area contributed by atoms with Crippen LogP contribution < -0.4 is 4.74 Å². The normalized spacial score (nSPS) is 11.1. The summed E-state index contributed by atoms with van der Waals surface area (Å²) >= 11 is 13.9. The number of hydrogen-bond acceptors (Lipinski definition) is 5. The Hall–Kier alpha value is -2.21. The first-order valence-corrected chi connectivity index (χ1v) is 9.86. The quantitative estimate of drug-likeness (QED) is 0.394. The molecule has 0 amide bonds. The molecule has 0 saturated heterocycles. The second-order valence-electron chi connectivity index (χ2n) is 6.18. The smallest absolute Gasteiger partial charge is 0.146 e. The Morgan fingerprint density at radius 1 is 1.11 bits per heavy atom. The summed E-state index contributed by atoms with van der Waals surface area (Å²) in [5, 5.41) is 4.00. The Balaban J connectivity index is 1.79. The lowest BCUT2D eigenvalue weighted by atomic mass is 10.0. The molecule has 0 aliphatic carbocycles. The molecule has 136 valence electrons. The van der Waals surface area contributed by atoms with E-state index in [4.69, 9.17) is 32.9 Å². The first-order chi connectivity index (χ1) is 13.0. The SMILES string of the molecule is Cc1cc(-c2nscc2C)c2cccc(OCc3c(Cl)cncc3Cl)c2n1. The number of para-hydroxylation sites is 1. The topological polar surface area (TPSA) is 47.9 Å². The standard InChI is InChI=1S/C20H15Cl2N3OS/c1-11-10-27-25-19(11)14-6-12(2)24-20-13(14)4-3-5-18(20)26-9-15-16(21)7-23-8-17(15)22/h3-8,10H,9H2,1-2H3. The maximum absolute atomic E-state index is 6.20. The number of aryl methyl sites for hydroxylation is 2. The zero-order valence-electron chi connectivity index (χ0n) is 14.7. The van der Waals surface area contributed by atoms with Crippen LogP contribution >= 0.6 is 34.7 Å². The van der Waals surface area contributed by atoms with E-state index >= 15 is 0 Å². The van der Waals surface area contributed by atoms with Gasteiger partial charge in [-0.15, -0.1) is 0 Å². The molecule has 3 heterocycles. The molecule has 0 unspecified atom stereocenters. The molecule has 0 spiro atoms. The van der Waals surface area contributed by atoms with Gasteiger partial charge in [0.1, 0.15) is 17.9 Å². The van der Waals surface area contributed by atoms with E-state index in [2.05, 4.69) is 22.3 Å². The van der Waals surface area contributed by atoms with Crippen LogP contribution in [0.1, 0.15) is 16.8 Å². The molecule has 0 N–H and O–H groups in total. The van der Waals surface area contributed by atoms with E-state index < -0.39 is 0 Å². The molecule has 4 rings (SSSR count). The first-order valence-electron chi connectivity index (χ1n) is 8.27. The third kappa shape index (κ3) is 3.50. The van der Waals surface area contributed by atoms with Crippen LogP contribution in [0.2, 0.25) is 10.0 Å². The lowest BCUT2D eigenvalue weighted by Crippen LogP contribution is -2.00. The minimum absolute atomic E-state index is 0.236. The van der Waals surface area contributed by atoms with E-state index in [0.717, 1.165) is 33.4 Å². The van der Waals surface area contributed by atoms with Crippen molar-refractivity contribution in [2.24, 2.45) is 0 Å². The molecular weight excluding hydrogens is 401 g/mol. The fourth-order valence-electron chi connectivity index (χ4n) is 2.94. The van der Waals surface area contributed by atoms with Gasteiger partial charge < -0.3 is 4.74 Å². The molecule has 0 fully saturated rings. The number of benzene rings is 1. The van der Waals surface area contributed by atoms with Gasteiger partial charge in [-0.2, -0.15) is 4.37 Å². The zero-order valence-corrected chi connectivity index (χ0v) is 17.0. The molecule has 0 atom stereocenters. The van der Waals surface area contributed by atoms with Crippen molar-refractivity contribution in [2.45, 2.75) is 20.5 Å². The average Bonchev–Trinajstić information content (AvgIpc) is 3.06. The minimum atomic E-state index is 0.236. The molecule has 0 aliphatic heterocycles. The van der Waals surface area contributed by atoms with Gasteiger partial charge in [-0.1, -0.05) is 35.3 Å². The third-order valence-electron chi connectivity index (χ3n) is 4.26. The number of rotatable bonds is 4. The molecule has 0 bridgehead atoms. The van der Waals surface area contributed by atoms with Gasteiger partial charge >= 0.3 is 0 Å². The monoisotopic (exact) mass is 415 g/mol. The second-order valence-corrected chi connectivity index (χ2v) is 7.62. The van der Waals surface area contributed by atoms with Gasteiger partial charge in [0.05, 0.1) is 15.7 Å². The summed E-state index contributed by atoms with van der Waals surface area (Å²) in [6.07, 6.45) is 3.11. The summed E-state index contributed by atoms with van der Waals surface area (Å²) in [6, 6.07) is 7.95. The first kappa shape index (κ1) is 18.2. The van der Waals surface area contributed by atoms with Crippen LogP contribution in [0.25, 0.3) is 22.2 Å². The van der Waals surface area contributed by atoms with Crippen LogP contribution in [0.4, 0.5) is 0 Å². The molecule has 27 heavy (non-hydrogen) atoms. The summed E-state index contributed by atoms with van der Waals surface area (Å²) in [5.41, 5.74) is 5.58. The van der Waals surface area contributed by atoms with Crippen LogP contribution in [-0.4, -0.2) is 14.3 Å². The summed E-state index contributed by atoms with van der Waals surface area (Å²) in [6.45, 7) is 4.27. The van der Waals surface area contributed by atoms with E-state index in [-0.39, 0.29) is 6.61 Å². The fraction of sp³-hybridized carbons (Fsp3) is 0.150. The molecule has 1 aromatic carbocycles. The number of fused-ring (bicyclic) bond motifs is 1. The predicted octanol–water partition coefficient (Wildman–Crippen LogP) is 6.26. The van der Waals surface area contributed by atoms with Crippen LogP contribution in [0.15, 0.2) is 42.0 Å². The number of pyridine rings is 2. The highest BCUT2D eigenvalue weighted by molar-refractivity contribution is 7.04. The van der Waals surface area contributed by atoms with Crippen molar-refractivity contribution in [1.29, 1.82) is 0 Å². The van der Waals surface area contributed by atoms with Crippen LogP contribution in [0, 0.1) is 13.8 Å². The van der Waals surface area contributed by atoms with E-state index in [1.165, 1.54) is 11.5 Å². The summed E-state index contributed by atoms with van der Waals surface area (Å²) < 4.78 is 10.6. The number of ether oxygens (including phenoxy) is 1. The van der Waals surface area contributed by atoms with Crippen molar-refractivity contribution in [1.82, 2.24) is 14.3 Å². The third-order valence-corrected chi connectivity index (χ3v) is 5.66. The maximum atomic E-state index is 6.20. The fourth-order valence-corrected chi connectivity index (χ4v) is 4.08. The zero-order chi connectivity index (χ0) is 19.0. The number of hydrogen-bond donors (Lipinski definition) is 0. The average molecular weight is 416 g/mol. The van der Waals surface area contributed by atoms with Gasteiger partial charge in [0.25, 0.3) is 0 Å². The molecule has 7 heteroatoms. The highest BCUT2D eigenvalue weighted by Gasteiger charge is 2.15. The van der Waals surface area contributed by atoms with Gasteiger partial charge in [0, 0.05) is 40.0 Å². The number of nitrogens with zero attached hydrogens (tertiary/aromatic N) is 3. The maximum Gasteiger partial charge on any atom is 0.146 e. The van der Waals surface area contributed by atoms with Crippen molar-refractivity contribution < 1.29 is 4.74 Å². The number of halogens is 2. The largest absolute Gasteiger partial charge is 0.487 e.